The zero-order valence-corrected chi connectivity index (χ0v) is 11.1. The Balaban J connectivity index is 2.17. The van der Waals surface area contributed by atoms with Gasteiger partial charge in [0.2, 0.25) is 0 Å². The van der Waals surface area contributed by atoms with Crippen LogP contribution in [0.15, 0.2) is 24.3 Å². The van der Waals surface area contributed by atoms with Gasteiger partial charge >= 0.3 is 5.97 Å². The highest BCUT2D eigenvalue weighted by Gasteiger charge is 2.15. The van der Waals surface area contributed by atoms with Crippen LogP contribution < -0.4 is 15.2 Å². The van der Waals surface area contributed by atoms with Gasteiger partial charge in [0, 0.05) is 12.1 Å². The summed E-state index contributed by atoms with van der Waals surface area (Å²) in [6, 6.07) is 7.20. The van der Waals surface area contributed by atoms with Crippen LogP contribution in [0.4, 0.5) is 5.69 Å². The van der Waals surface area contributed by atoms with E-state index in [1.165, 1.54) is 7.11 Å². The lowest BCUT2D eigenvalue weighted by Gasteiger charge is -2.11. The first kappa shape index (κ1) is 12.6. The minimum Gasteiger partial charge on any atom is -0.490 e. The Kier molecular flexibility index (Phi) is 3.10. The number of carbonyl (C=O) groups is 1. The van der Waals surface area contributed by atoms with Crippen LogP contribution in [0.1, 0.15) is 16.8 Å². The molecule has 0 radical (unpaired) electrons. The fraction of sp³-hybridized carbons (Fsp3) is 0.267. The third-order valence-electron chi connectivity index (χ3n) is 3.28. The molecule has 2 aromatic rings. The van der Waals surface area contributed by atoms with Crippen molar-refractivity contribution in [3.8, 4) is 11.5 Å². The smallest absolute Gasteiger partial charge is 0.339 e. The summed E-state index contributed by atoms with van der Waals surface area (Å²) in [5.74, 6) is 0.951. The Morgan fingerprint density at radius 2 is 1.70 bits per heavy atom. The number of carbonyl (C=O) groups excluding carboxylic acids is 1. The summed E-state index contributed by atoms with van der Waals surface area (Å²) in [6.45, 7) is 1.26. The average Bonchev–Trinajstić information content (AvgIpc) is 2.68. The number of hydrogen-bond donors (Lipinski definition) is 1. The van der Waals surface area contributed by atoms with Crippen LogP contribution in [-0.2, 0) is 4.74 Å². The fourth-order valence-corrected chi connectivity index (χ4v) is 2.26. The summed E-state index contributed by atoms with van der Waals surface area (Å²) in [5, 5.41) is 1.77. The molecule has 0 unspecified atom stereocenters. The van der Waals surface area contributed by atoms with E-state index in [1.54, 1.807) is 12.1 Å². The van der Waals surface area contributed by atoms with Crippen LogP contribution in [0.2, 0.25) is 0 Å². The molecule has 0 aliphatic carbocycles. The molecule has 5 heteroatoms. The van der Waals surface area contributed by atoms with Crippen molar-refractivity contribution in [1.82, 2.24) is 0 Å². The Hall–Kier alpha value is -2.43. The molecular weight excluding hydrogens is 258 g/mol. The molecule has 20 heavy (non-hydrogen) atoms. The highest BCUT2D eigenvalue weighted by Crippen LogP contribution is 2.35. The number of fused-ring (bicyclic) bond motifs is 2. The van der Waals surface area contributed by atoms with Gasteiger partial charge in [0.1, 0.15) is 0 Å². The normalized spacial score (nSPS) is 13.8. The van der Waals surface area contributed by atoms with Gasteiger partial charge in [0.25, 0.3) is 0 Å². The second-order valence-corrected chi connectivity index (χ2v) is 4.63. The molecule has 0 spiro atoms. The predicted octanol–water partition coefficient (Wildman–Crippen LogP) is 2.37. The van der Waals surface area contributed by atoms with Gasteiger partial charge in [-0.3, -0.25) is 0 Å². The van der Waals surface area contributed by atoms with Crippen molar-refractivity contribution in [2.45, 2.75) is 6.42 Å². The molecule has 3 rings (SSSR count). The van der Waals surface area contributed by atoms with Crippen LogP contribution in [-0.4, -0.2) is 26.3 Å². The molecular formula is C15H15NO4. The molecule has 104 valence electrons. The van der Waals surface area contributed by atoms with E-state index in [9.17, 15) is 4.79 Å². The highest BCUT2D eigenvalue weighted by molar-refractivity contribution is 6.01. The van der Waals surface area contributed by atoms with Crippen molar-refractivity contribution in [2.24, 2.45) is 0 Å². The van der Waals surface area contributed by atoms with Gasteiger partial charge < -0.3 is 19.9 Å². The van der Waals surface area contributed by atoms with E-state index in [1.807, 2.05) is 12.1 Å². The molecule has 2 N–H and O–H groups in total. The van der Waals surface area contributed by atoms with E-state index in [0.29, 0.717) is 36.0 Å². The minimum absolute atomic E-state index is 0.356. The number of esters is 1. The van der Waals surface area contributed by atoms with E-state index >= 15 is 0 Å². The molecule has 0 atom stereocenters. The van der Waals surface area contributed by atoms with E-state index in [4.69, 9.17) is 19.9 Å². The van der Waals surface area contributed by atoms with Crippen LogP contribution in [0.3, 0.4) is 0 Å². The predicted molar refractivity (Wildman–Crippen MR) is 75.3 cm³/mol. The zero-order valence-electron chi connectivity index (χ0n) is 11.1. The topological polar surface area (TPSA) is 70.8 Å². The zero-order chi connectivity index (χ0) is 14.1. The first-order valence-electron chi connectivity index (χ1n) is 6.40. The lowest BCUT2D eigenvalue weighted by Crippen LogP contribution is -2.05. The average molecular weight is 273 g/mol. The molecule has 1 aliphatic heterocycles. The number of methoxy groups -OCH3 is 1. The van der Waals surface area contributed by atoms with E-state index < -0.39 is 5.97 Å². The maximum absolute atomic E-state index is 11.7. The van der Waals surface area contributed by atoms with Crippen molar-refractivity contribution in [3.63, 3.8) is 0 Å². The van der Waals surface area contributed by atoms with Gasteiger partial charge in [0.15, 0.2) is 11.5 Å². The number of benzene rings is 2. The number of ether oxygens (including phenoxy) is 3. The third-order valence-corrected chi connectivity index (χ3v) is 3.28. The number of hydrogen-bond acceptors (Lipinski definition) is 5. The third kappa shape index (κ3) is 2.11. The van der Waals surface area contributed by atoms with Gasteiger partial charge in [0.05, 0.1) is 25.9 Å². The summed E-state index contributed by atoms with van der Waals surface area (Å²) >= 11 is 0. The molecule has 0 bridgehead atoms. The van der Waals surface area contributed by atoms with Crippen LogP contribution in [0.5, 0.6) is 11.5 Å². The van der Waals surface area contributed by atoms with Crippen LogP contribution in [0, 0.1) is 0 Å². The lowest BCUT2D eigenvalue weighted by molar-refractivity contribution is 0.0602. The standard InChI is InChI=1S/C15H15NO4/c1-18-15(17)11-5-9-7-13-14(20-4-2-3-19-13)8-10(9)6-12(11)16/h5-8H,2-4,16H2,1H3. The SMILES string of the molecule is COC(=O)c1cc2cc3c(cc2cc1N)OCCCO3. The Bertz CT molecular complexity index is 681. The van der Waals surface area contributed by atoms with Crippen molar-refractivity contribution in [1.29, 1.82) is 0 Å². The van der Waals surface area contributed by atoms with Gasteiger partial charge in [-0.25, -0.2) is 4.79 Å². The highest BCUT2D eigenvalue weighted by atomic mass is 16.5. The molecule has 1 heterocycles. The number of nitrogens with two attached hydrogens (primary N) is 1. The second-order valence-electron chi connectivity index (χ2n) is 4.63. The Morgan fingerprint density at radius 1 is 1.10 bits per heavy atom. The Morgan fingerprint density at radius 3 is 2.30 bits per heavy atom. The molecule has 2 aromatic carbocycles. The van der Waals surface area contributed by atoms with Crippen molar-refractivity contribution in [3.05, 3.63) is 29.8 Å². The van der Waals surface area contributed by atoms with Gasteiger partial charge in [-0.1, -0.05) is 0 Å². The lowest BCUT2D eigenvalue weighted by atomic mass is 10.0. The maximum atomic E-state index is 11.7. The van der Waals surface area contributed by atoms with Crippen molar-refractivity contribution < 1.29 is 19.0 Å². The van der Waals surface area contributed by atoms with Crippen LogP contribution >= 0.6 is 0 Å². The van der Waals surface area contributed by atoms with Gasteiger partial charge in [-0.05, 0) is 35.0 Å². The van der Waals surface area contributed by atoms with E-state index in [2.05, 4.69) is 0 Å². The molecule has 5 nitrogen and oxygen atoms in total. The second kappa shape index (κ2) is 4.92. The monoisotopic (exact) mass is 273 g/mol. The molecule has 1 aliphatic rings. The number of nitrogen functional groups attached to an aromatic ring is 1. The summed E-state index contributed by atoms with van der Waals surface area (Å²) in [7, 11) is 1.33. The largest absolute Gasteiger partial charge is 0.490 e. The van der Waals surface area contributed by atoms with Gasteiger partial charge in [-0.2, -0.15) is 0 Å². The summed E-state index contributed by atoms with van der Waals surface area (Å²) < 4.78 is 16.0. The van der Waals surface area contributed by atoms with E-state index in [-0.39, 0.29) is 0 Å². The maximum Gasteiger partial charge on any atom is 0.339 e. The van der Waals surface area contributed by atoms with Crippen molar-refractivity contribution in [2.75, 3.05) is 26.1 Å². The van der Waals surface area contributed by atoms with Crippen LogP contribution in [0.25, 0.3) is 10.8 Å². The number of rotatable bonds is 1. The fourth-order valence-electron chi connectivity index (χ4n) is 2.26. The molecule has 0 saturated heterocycles. The first-order chi connectivity index (χ1) is 9.69. The summed E-state index contributed by atoms with van der Waals surface area (Å²) in [6.07, 6.45) is 0.848. The quantitative estimate of drug-likeness (QED) is 0.638. The molecule has 0 amide bonds. The minimum atomic E-state index is -0.448. The molecule has 0 fully saturated rings. The molecule has 0 aromatic heterocycles. The number of anilines is 1. The first-order valence-corrected chi connectivity index (χ1v) is 6.40. The van der Waals surface area contributed by atoms with E-state index in [0.717, 1.165) is 17.2 Å². The molecule has 0 saturated carbocycles. The summed E-state index contributed by atoms with van der Waals surface area (Å²) in [5.41, 5.74) is 6.64. The summed E-state index contributed by atoms with van der Waals surface area (Å²) in [4.78, 5) is 11.7. The Labute approximate surface area is 116 Å². The van der Waals surface area contributed by atoms with Crippen molar-refractivity contribution >= 4 is 22.4 Å². The van der Waals surface area contributed by atoms with Gasteiger partial charge in [-0.15, -0.1) is 0 Å².